The topological polar surface area (TPSA) is 60.1 Å². The van der Waals surface area contributed by atoms with E-state index in [2.05, 4.69) is 9.88 Å². The molecule has 0 bridgehead atoms. The number of hydrogen-bond acceptors (Lipinski definition) is 3. The van der Waals surface area contributed by atoms with Crippen LogP contribution in [0, 0.1) is 0 Å². The summed E-state index contributed by atoms with van der Waals surface area (Å²) in [5.41, 5.74) is 2.36. The highest BCUT2D eigenvalue weighted by Crippen LogP contribution is 2.39. The average molecular weight is 370 g/mol. The number of rotatable bonds is 2. The molecular formula is C20H20ClN3O2. The van der Waals surface area contributed by atoms with E-state index in [0.717, 1.165) is 41.2 Å². The van der Waals surface area contributed by atoms with Crippen molar-refractivity contribution < 1.29 is 9.21 Å². The fraction of sp³-hybridized carbons (Fsp3) is 0.400. The van der Waals surface area contributed by atoms with Gasteiger partial charge in [-0.2, -0.15) is 0 Å². The van der Waals surface area contributed by atoms with Crippen LogP contribution >= 0.6 is 11.6 Å². The molecule has 3 heterocycles. The Morgan fingerprint density at radius 2 is 2.08 bits per heavy atom. The van der Waals surface area contributed by atoms with Crippen molar-refractivity contribution >= 4 is 28.5 Å². The minimum absolute atomic E-state index is 0.0480. The normalized spacial score (nSPS) is 23.0. The summed E-state index contributed by atoms with van der Waals surface area (Å²) in [7, 11) is 0. The Morgan fingerprint density at radius 1 is 1.19 bits per heavy atom. The smallest absolute Gasteiger partial charge is 0.253 e. The molecule has 1 saturated carbocycles. The van der Waals surface area contributed by atoms with Gasteiger partial charge in [-0.15, -0.1) is 11.6 Å². The van der Waals surface area contributed by atoms with Gasteiger partial charge in [0, 0.05) is 24.4 Å². The van der Waals surface area contributed by atoms with E-state index in [1.54, 1.807) is 0 Å². The molecule has 1 fully saturated rings. The SMILES string of the molecule is O=C1NCCn2c(-c3ccc(C4CCCCC4Cl)o3)nc3cccc1c32. The molecule has 0 radical (unpaired) electrons. The molecule has 1 N–H and O–H groups in total. The Balaban J connectivity index is 1.61. The first-order valence-corrected chi connectivity index (χ1v) is 9.67. The van der Waals surface area contributed by atoms with Crippen molar-refractivity contribution in [1.29, 1.82) is 0 Å². The maximum Gasteiger partial charge on any atom is 0.253 e. The summed E-state index contributed by atoms with van der Waals surface area (Å²) in [6.45, 7) is 1.25. The predicted octanol–water partition coefficient (Wildman–Crippen LogP) is 4.30. The van der Waals surface area contributed by atoms with E-state index in [1.165, 1.54) is 12.8 Å². The molecule has 0 spiro atoms. The molecule has 5 nitrogen and oxygen atoms in total. The zero-order valence-corrected chi connectivity index (χ0v) is 15.1. The molecular weight excluding hydrogens is 350 g/mol. The minimum Gasteiger partial charge on any atom is -0.457 e. The summed E-state index contributed by atoms with van der Waals surface area (Å²) in [6, 6.07) is 9.68. The van der Waals surface area contributed by atoms with E-state index in [9.17, 15) is 4.79 Å². The number of halogens is 1. The number of nitrogens with one attached hydrogen (secondary N) is 1. The van der Waals surface area contributed by atoms with Crippen molar-refractivity contribution in [2.45, 2.75) is 43.5 Å². The maximum atomic E-state index is 12.3. The number of alkyl halides is 1. The zero-order valence-electron chi connectivity index (χ0n) is 14.4. The molecule has 2 unspecified atom stereocenters. The highest BCUT2D eigenvalue weighted by Gasteiger charge is 2.29. The van der Waals surface area contributed by atoms with Gasteiger partial charge in [-0.25, -0.2) is 4.98 Å². The monoisotopic (exact) mass is 369 g/mol. The molecule has 26 heavy (non-hydrogen) atoms. The van der Waals surface area contributed by atoms with E-state index in [1.807, 2.05) is 30.3 Å². The zero-order chi connectivity index (χ0) is 17.7. The number of amides is 1. The summed E-state index contributed by atoms with van der Waals surface area (Å²) >= 11 is 6.54. The first kappa shape index (κ1) is 15.9. The number of benzene rings is 1. The van der Waals surface area contributed by atoms with Crippen molar-refractivity contribution in [2.24, 2.45) is 0 Å². The van der Waals surface area contributed by atoms with Crippen molar-refractivity contribution in [3.05, 3.63) is 41.7 Å². The lowest BCUT2D eigenvalue weighted by Crippen LogP contribution is -2.24. The molecule has 5 rings (SSSR count). The Kier molecular flexibility index (Phi) is 3.78. The van der Waals surface area contributed by atoms with Gasteiger partial charge < -0.3 is 14.3 Å². The van der Waals surface area contributed by atoms with E-state index in [-0.39, 0.29) is 17.2 Å². The fourth-order valence-electron chi connectivity index (χ4n) is 4.23. The van der Waals surface area contributed by atoms with Crippen LogP contribution in [0.5, 0.6) is 0 Å². The number of aromatic nitrogens is 2. The van der Waals surface area contributed by atoms with Gasteiger partial charge in [0.05, 0.1) is 16.6 Å². The van der Waals surface area contributed by atoms with Crippen LogP contribution in [0.2, 0.25) is 0 Å². The van der Waals surface area contributed by atoms with Crippen LogP contribution < -0.4 is 5.32 Å². The van der Waals surface area contributed by atoms with Crippen molar-refractivity contribution in [3.8, 4) is 11.6 Å². The van der Waals surface area contributed by atoms with E-state index in [4.69, 9.17) is 21.0 Å². The van der Waals surface area contributed by atoms with Gasteiger partial charge in [0.1, 0.15) is 5.76 Å². The number of carbonyl (C=O) groups excluding carboxylic acids is 1. The standard InChI is InChI=1S/C20H20ClN3O2/c21-14-6-2-1-4-12(14)16-8-9-17(26-16)19-23-15-7-3-5-13-18(15)24(19)11-10-22-20(13)25/h3,5,7-9,12,14H,1-2,4,6,10-11H2,(H,22,25). The van der Waals surface area contributed by atoms with E-state index < -0.39 is 0 Å². The molecule has 0 saturated heterocycles. The molecule has 1 amide bonds. The Bertz CT molecular complexity index is 990. The van der Waals surface area contributed by atoms with Gasteiger partial charge in [0.2, 0.25) is 0 Å². The number of imidazole rings is 1. The average Bonchev–Trinajstić information content (AvgIpc) is 3.22. The van der Waals surface area contributed by atoms with Crippen LogP contribution in [0.25, 0.3) is 22.6 Å². The van der Waals surface area contributed by atoms with Crippen molar-refractivity contribution in [3.63, 3.8) is 0 Å². The number of para-hydroxylation sites is 1. The van der Waals surface area contributed by atoms with Gasteiger partial charge >= 0.3 is 0 Å². The van der Waals surface area contributed by atoms with Crippen LogP contribution in [0.3, 0.4) is 0 Å². The quantitative estimate of drug-likeness (QED) is 0.685. The second kappa shape index (κ2) is 6.16. The molecule has 3 aromatic rings. The highest BCUT2D eigenvalue weighted by atomic mass is 35.5. The number of hydrogen-bond donors (Lipinski definition) is 1. The van der Waals surface area contributed by atoms with Crippen LogP contribution in [-0.2, 0) is 6.54 Å². The summed E-state index contributed by atoms with van der Waals surface area (Å²) < 4.78 is 8.30. The lowest BCUT2D eigenvalue weighted by molar-refractivity contribution is 0.0956. The van der Waals surface area contributed by atoms with Crippen molar-refractivity contribution in [1.82, 2.24) is 14.9 Å². The van der Waals surface area contributed by atoms with Crippen LogP contribution in [0.1, 0.15) is 47.7 Å². The first-order chi connectivity index (χ1) is 12.7. The van der Waals surface area contributed by atoms with Crippen molar-refractivity contribution in [2.75, 3.05) is 6.54 Å². The van der Waals surface area contributed by atoms with Gasteiger partial charge in [-0.3, -0.25) is 4.79 Å². The molecule has 1 aliphatic carbocycles. The third kappa shape index (κ3) is 2.45. The second-order valence-corrected chi connectivity index (χ2v) is 7.69. The van der Waals surface area contributed by atoms with Crippen LogP contribution in [-0.4, -0.2) is 27.4 Å². The van der Waals surface area contributed by atoms with E-state index >= 15 is 0 Å². The molecule has 6 heteroatoms. The lowest BCUT2D eigenvalue weighted by atomic mass is 9.87. The Hall–Kier alpha value is -2.27. The third-order valence-electron chi connectivity index (χ3n) is 5.53. The molecule has 1 aliphatic heterocycles. The third-order valence-corrected chi connectivity index (χ3v) is 6.05. The number of furan rings is 1. The van der Waals surface area contributed by atoms with Gasteiger partial charge in [0.25, 0.3) is 5.91 Å². The van der Waals surface area contributed by atoms with Gasteiger partial charge in [0.15, 0.2) is 11.6 Å². The molecule has 134 valence electrons. The van der Waals surface area contributed by atoms with E-state index in [0.29, 0.717) is 18.7 Å². The summed E-state index contributed by atoms with van der Waals surface area (Å²) in [4.78, 5) is 17.1. The maximum absolute atomic E-state index is 12.3. The Morgan fingerprint density at radius 3 is 2.96 bits per heavy atom. The number of nitrogens with zero attached hydrogens (tertiary/aromatic N) is 2. The highest BCUT2D eigenvalue weighted by molar-refractivity contribution is 6.21. The Labute approximate surface area is 156 Å². The predicted molar refractivity (Wildman–Crippen MR) is 101 cm³/mol. The summed E-state index contributed by atoms with van der Waals surface area (Å²) in [6.07, 6.45) is 4.50. The van der Waals surface area contributed by atoms with Gasteiger partial charge in [-0.1, -0.05) is 18.9 Å². The van der Waals surface area contributed by atoms with Crippen LogP contribution in [0.4, 0.5) is 0 Å². The second-order valence-electron chi connectivity index (χ2n) is 7.13. The summed E-state index contributed by atoms with van der Waals surface area (Å²) in [5, 5.41) is 3.08. The molecule has 2 aliphatic rings. The number of carbonyl (C=O) groups is 1. The summed E-state index contributed by atoms with van der Waals surface area (Å²) in [5.74, 6) is 2.69. The van der Waals surface area contributed by atoms with Crippen LogP contribution in [0.15, 0.2) is 34.7 Å². The van der Waals surface area contributed by atoms with Gasteiger partial charge in [-0.05, 0) is 37.1 Å². The first-order valence-electron chi connectivity index (χ1n) is 9.24. The molecule has 2 aromatic heterocycles. The molecule has 1 aromatic carbocycles. The minimum atomic E-state index is -0.0480. The largest absolute Gasteiger partial charge is 0.457 e. The lowest BCUT2D eigenvalue weighted by Gasteiger charge is -2.25. The fourth-order valence-corrected chi connectivity index (χ4v) is 4.63. The molecule has 2 atom stereocenters.